The number of likely N-dealkylation sites (tertiary alicyclic amines) is 1. The lowest BCUT2D eigenvalue weighted by atomic mass is 10.1. The summed E-state index contributed by atoms with van der Waals surface area (Å²) in [7, 11) is 1.51. The molecule has 1 atom stereocenters. The van der Waals surface area contributed by atoms with E-state index < -0.39 is 24.4 Å². The SMILES string of the molecule is COc1ccccc1N1C[C@H](C(=O)OCC(=O)N2CCCC2=O)CC1=O. The van der Waals surface area contributed by atoms with Crippen molar-refractivity contribution in [3.8, 4) is 5.75 Å². The number of methoxy groups -OCH3 is 1. The lowest BCUT2D eigenvalue weighted by Gasteiger charge is -2.19. The summed E-state index contributed by atoms with van der Waals surface area (Å²) in [6.07, 6.45) is 0.974. The fraction of sp³-hybridized carbons (Fsp3) is 0.444. The maximum Gasteiger partial charge on any atom is 0.311 e. The number of hydrogen-bond acceptors (Lipinski definition) is 6. The molecule has 2 heterocycles. The standard InChI is InChI=1S/C18H20N2O6/c1-25-14-6-3-2-5-13(14)20-10-12(9-16(20)22)18(24)26-11-17(23)19-8-4-7-15(19)21/h2-3,5-6,12H,4,7-11H2,1H3/t12-/m1/s1. The van der Waals surface area contributed by atoms with Crippen LogP contribution in [0.5, 0.6) is 5.75 Å². The van der Waals surface area contributed by atoms with Gasteiger partial charge in [0.2, 0.25) is 11.8 Å². The number of carbonyl (C=O) groups excluding carboxylic acids is 4. The van der Waals surface area contributed by atoms with E-state index in [2.05, 4.69) is 0 Å². The van der Waals surface area contributed by atoms with Gasteiger partial charge in [-0.15, -0.1) is 0 Å². The lowest BCUT2D eigenvalue weighted by molar-refractivity contribution is -0.157. The molecule has 0 unspecified atom stereocenters. The van der Waals surface area contributed by atoms with Gasteiger partial charge >= 0.3 is 5.97 Å². The molecule has 2 aliphatic heterocycles. The molecule has 2 fully saturated rings. The molecular formula is C18H20N2O6. The van der Waals surface area contributed by atoms with Gasteiger partial charge in [-0.2, -0.15) is 0 Å². The summed E-state index contributed by atoms with van der Waals surface area (Å²) in [5.41, 5.74) is 0.592. The van der Waals surface area contributed by atoms with Crippen molar-refractivity contribution in [3.05, 3.63) is 24.3 Å². The van der Waals surface area contributed by atoms with E-state index in [1.54, 1.807) is 24.3 Å². The average Bonchev–Trinajstić information content (AvgIpc) is 3.25. The van der Waals surface area contributed by atoms with Gasteiger partial charge in [0.05, 0.1) is 18.7 Å². The molecule has 1 aromatic rings. The number of amides is 3. The highest BCUT2D eigenvalue weighted by atomic mass is 16.5. The third-order valence-electron chi connectivity index (χ3n) is 4.55. The second-order valence-electron chi connectivity index (χ2n) is 6.23. The van der Waals surface area contributed by atoms with Crippen LogP contribution in [0.3, 0.4) is 0 Å². The Morgan fingerprint density at radius 1 is 1.19 bits per heavy atom. The largest absolute Gasteiger partial charge is 0.495 e. The summed E-state index contributed by atoms with van der Waals surface area (Å²) < 4.78 is 10.3. The first-order chi connectivity index (χ1) is 12.5. The minimum Gasteiger partial charge on any atom is -0.495 e. The van der Waals surface area contributed by atoms with Crippen LogP contribution >= 0.6 is 0 Å². The van der Waals surface area contributed by atoms with Gasteiger partial charge < -0.3 is 14.4 Å². The summed E-state index contributed by atoms with van der Waals surface area (Å²) in [5.74, 6) is -1.71. The van der Waals surface area contributed by atoms with E-state index >= 15 is 0 Å². The van der Waals surface area contributed by atoms with Crippen LogP contribution in [0.15, 0.2) is 24.3 Å². The van der Waals surface area contributed by atoms with Crippen molar-refractivity contribution in [2.24, 2.45) is 5.92 Å². The Balaban J connectivity index is 1.59. The zero-order valence-electron chi connectivity index (χ0n) is 14.5. The quantitative estimate of drug-likeness (QED) is 0.719. The molecule has 0 spiro atoms. The number of rotatable bonds is 5. The van der Waals surface area contributed by atoms with Crippen molar-refractivity contribution in [1.29, 1.82) is 0 Å². The number of hydrogen-bond donors (Lipinski definition) is 0. The minimum atomic E-state index is -0.658. The van der Waals surface area contributed by atoms with E-state index in [4.69, 9.17) is 9.47 Å². The molecule has 3 amide bonds. The van der Waals surface area contributed by atoms with Gasteiger partial charge in [-0.05, 0) is 18.6 Å². The molecule has 0 radical (unpaired) electrons. The minimum absolute atomic E-state index is 0.00766. The fourth-order valence-electron chi connectivity index (χ4n) is 3.19. The fourth-order valence-corrected chi connectivity index (χ4v) is 3.19. The van der Waals surface area contributed by atoms with Gasteiger partial charge in [-0.3, -0.25) is 24.1 Å². The maximum atomic E-state index is 12.3. The van der Waals surface area contributed by atoms with Crippen molar-refractivity contribution < 1.29 is 28.7 Å². The Morgan fingerprint density at radius 2 is 1.96 bits per heavy atom. The summed E-state index contributed by atoms with van der Waals surface area (Å²) in [5, 5.41) is 0. The average molecular weight is 360 g/mol. The van der Waals surface area contributed by atoms with Gasteiger partial charge in [0.1, 0.15) is 5.75 Å². The summed E-state index contributed by atoms with van der Waals surface area (Å²) in [4.78, 5) is 50.6. The Hall–Kier alpha value is -2.90. The topological polar surface area (TPSA) is 93.2 Å². The van der Waals surface area contributed by atoms with Crippen LogP contribution in [0, 0.1) is 5.92 Å². The molecule has 0 bridgehead atoms. The van der Waals surface area contributed by atoms with Gasteiger partial charge in [-0.1, -0.05) is 12.1 Å². The first kappa shape index (κ1) is 17.9. The number of para-hydroxylation sites is 2. The van der Waals surface area contributed by atoms with E-state index in [9.17, 15) is 19.2 Å². The molecule has 8 heteroatoms. The van der Waals surface area contributed by atoms with Crippen LogP contribution < -0.4 is 9.64 Å². The summed E-state index contributed by atoms with van der Waals surface area (Å²) in [6.45, 7) is 0.0392. The molecule has 2 aliphatic rings. The predicted molar refractivity (Wildman–Crippen MR) is 90.4 cm³/mol. The van der Waals surface area contributed by atoms with Crippen molar-refractivity contribution in [1.82, 2.24) is 4.90 Å². The van der Waals surface area contributed by atoms with Crippen molar-refractivity contribution >= 4 is 29.4 Å². The summed E-state index contributed by atoms with van der Waals surface area (Å²) in [6, 6.07) is 7.05. The molecule has 26 heavy (non-hydrogen) atoms. The number of anilines is 1. The van der Waals surface area contributed by atoms with Crippen LogP contribution in [-0.2, 0) is 23.9 Å². The number of ether oxygens (including phenoxy) is 2. The third-order valence-corrected chi connectivity index (χ3v) is 4.55. The molecule has 3 rings (SSSR count). The molecule has 0 saturated carbocycles. The Morgan fingerprint density at radius 3 is 2.65 bits per heavy atom. The normalized spacial score (nSPS) is 19.8. The van der Waals surface area contributed by atoms with Crippen molar-refractivity contribution in [2.45, 2.75) is 19.3 Å². The third kappa shape index (κ3) is 3.54. The molecule has 0 aromatic heterocycles. The second kappa shape index (κ2) is 7.55. The van der Waals surface area contributed by atoms with Crippen LogP contribution in [0.4, 0.5) is 5.69 Å². The molecular weight excluding hydrogens is 340 g/mol. The predicted octanol–water partition coefficient (Wildman–Crippen LogP) is 0.740. The van der Waals surface area contributed by atoms with Crippen LogP contribution in [0.25, 0.3) is 0 Å². The van der Waals surface area contributed by atoms with E-state index in [1.165, 1.54) is 12.0 Å². The molecule has 8 nitrogen and oxygen atoms in total. The molecule has 1 aromatic carbocycles. The number of esters is 1. The van der Waals surface area contributed by atoms with E-state index in [0.29, 0.717) is 30.8 Å². The molecule has 0 aliphatic carbocycles. The van der Waals surface area contributed by atoms with Crippen LogP contribution in [0.1, 0.15) is 19.3 Å². The van der Waals surface area contributed by atoms with E-state index in [-0.39, 0.29) is 24.8 Å². The van der Waals surface area contributed by atoms with Gasteiger partial charge in [0.25, 0.3) is 5.91 Å². The highest BCUT2D eigenvalue weighted by Gasteiger charge is 2.37. The number of nitrogens with zero attached hydrogens (tertiary/aromatic N) is 2. The highest BCUT2D eigenvalue weighted by Crippen LogP contribution is 2.33. The monoisotopic (exact) mass is 360 g/mol. The molecule has 2 saturated heterocycles. The van der Waals surface area contributed by atoms with Gasteiger partial charge in [-0.25, -0.2) is 0 Å². The van der Waals surface area contributed by atoms with Crippen molar-refractivity contribution in [3.63, 3.8) is 0 Å². The maximum absolute atomic E-state index is 12.3. The lowest BCUT2D eigenvalue weighted by Crippen LogP contribution is -2.36. The first-order valence-corrected chi connectivity index (χ1v) is 8.44. The zero-order valence-corrected chi connectivity index (χ0v) is 14.5. The number of carbonyl (C=O) groups is 4. The molecule has 0 N–H and O–H groups in total. The van der Waals surface area contributed by atoms with Crippen LogP contribution in [0.2, 0.25) is 0 Å². The van der Waals surface area contributed by atoms with Crippen molar-refractivity contribution in [2.75, 3.05) is 31.7 Å². The van der Waals surface area contributed by atoms with E-state index in [1.807, 2.05) is 0 Å². The second-order valence-corrected chi connectivity index (χ2v) is 6.23. The number of benzene rings is 1. The highest BCUT2D eigenvalue weighted by molar-refractivity contribution is 6.01. The Bertz CT molecular complexity index is 747. The Kier molecular flexibility index (Phi) is 5.20. The summed E-state index contributed by atoms with van der Waals surface area (Å²) >= 11 is 0. The van der Waals surface area contributed by atoms with Gasteiger partial charge in [0, 0.05) is 25.9 Å². The van der Waals surface area contributed by atoms with Crippen LogP contribution in [-0.4, -0.2) is 55.4 Å². The smallest absolute Gasteiger partial charge is 0.311 e. The Labute approximate surface area is 150 Å². The zero-order chi connectivity index (χ0) is 18.7. The van der Waals surface area contributed by atoms with E-state index in [0.717, 1.165) is 4.90 Å². The molecule has 138 valence electrons. The van der Waals surface area contributed by atoms with Gasteiger partial charge in [0.15, 0.2) is 6.61 Å². The first-order valence-electron chi connectivity index (χ1n) is 8.44. The number of imide groups is 1.